The molecule has 0 atom stereocenters. The van der Waals surface area contributed by atoms with E-state index in [1.807, 2.05) is 12.1 Å². The van der Waals surface area contributed by atoms with Crippen LogP contribution in [-0.4, -0.2) is 16.5 Å². The van der Waals surface area contributed by atoms with Crippen molar-refractivity contribution in [3.63, 3.8) is 0 Å². The first-order valence-electron chi connectivity index (χ1n) is 5.63. The highest BCUT2D eigenvalue weighted by Gasteiger charge is 2.25. The predicted molar refractivity (Wildman–Crippen MR) is 72.2 cm³/mol. The number of rotatable bonds is 3. The highest BCUT2D eigenvalue weighted by atomic mass is 32.1. The molecule has 2 rings (SSSR count). The first kappa shape index (κ1) is 12.2. The number of aromatic nitrogens is 2. The molecule has 0 amide bonds. The van der Waals surface area contributed by atoms with Crippen LogP contribution in [0.25, 0.3) is 10.6 Å². The molecule has 0 aliphatic rings. The Morgan fingerprint density at radius 1 is 1.29 bits per heavy atom. The van der Waals surface area contributed by atoms with Crippen molar-refractivity contribution in [1.29, 1.82) is 0 Å². The van der Waals surface area contributed by atoms with Gasteiger partial charge in [0.15, 0.2) is 0 Å². The molecule has 0 saturated heterocycles. The van der Waals surface area contributed by atoms with Gasteiger partial charge in [-0.1, -0.05) is 13.8 Å². The number of pyridine rings is 1. The number of nitrogens with two attached hydrogens (primary N) is 1. The summed E-state index contributed by atoms with van der Waals surface area (Å²) in [4.78, 5) is 10.00. The monoisotopic (exact) mass is 247 g/mol. The normalized spacial score (nSPS) is 11.8. The van der Waals surface area contributed by atoms with Gasteiger partial charge in [-0.3, -0.25) is 4.98 Å². The van der Waals surface area contributed by atoms with Crippen molar-refractivity contribution in [1.82, 2.24) is 9.97 Å². The lowest BCUT2D eigenvalue weighted by Gasteiger charge is -2.20. The van der Waals surface area contributed by atoms with Crippen LogP contribution in [0.5, 0.6) is 0 Å². The Kier molecular flexibility index (Phi) is 3.26. The molecule has 0 radical (unpaired) electrons. The second kappa shape index (κ2) is 4.55. The molecule has 3 nitrogen and oxygen atoms in total. The van der Waals surface area contributed by atoms with E-state index in [0.717, 1.165) is 16.3 Å². The molecular formula is C13H17N3S. The minimum absolute atomic E-state index is 0.0636. The standard InChI is InChI=1S/C13H17N3S/c1-9-11(13(2,3)8-14)16-12(17-9)10-4-6-15-7-5-10/h4-7H,8,14H2,1-3H3. The van der Waals surface area contributed by atoms with Crippen molar-refractivity contribution >= 4 is 11.3 Å². The first-order chi connectivity index (χ1) is 8.04. The molecule has 0 spiro atoms. The molecule has 2 heterocycles. The SMILES string of the molecule is Cc1sc(-c2ccncc2)nc1C(C)(C)CN. The highest BCUT2D eigenvalue weighted by molar-refractivity contribution is 7.15. The van der Waals surface area contributed by atoms with E-state index in [1.165, 1.54) is 4.88 Å². The van der Waals surface area contributed by atoms with E-state index in [1.54, 1.807) is 23.7 Å². The lowest BCUT2D eigenvalue weighted by molar-refractivity contribution is 0.522. The van der Waals surface area contributed by atoms with E-state index >= 15 is 0 Å². The third-order valence-electron chi connectivity index (χ3n) is 2.88. The number of hydrogen-bond acceptors (Lipinski definition) is 4. The Labute approximate surface area is 106 Å². The van der Waals surface area contributed by atoms with Gasteiger partial charge >= 0.3 is 0 Å². The van der Waals surface area contributed by atoms with Gasteiger partial charge in [0, 0.05) is 34.8 Å². The summed E-state index contributed by atoms with van der Waals surface area (Å²) >= 11 is 1.72. The van der Waals surface area contributed by atoms with E-state index in [4.69, 9.17) is 10.7 Å². The van der Waals surface area contributed by atoms with Crippen LogP contribution in [0.1, 0.15) is 24.4 Å². The van der Waals surface area contributed by atoms with Gasteiger partial charge in [0.05, 0.1) is 5.69 Å². The lowest BCUT2D eigenvalue weighted by atomic mass is 9.89. The molecule has 0 bridgehead atoms. The molecule has 0 aromatic carbocycles. The van der Waals surface area contributed by atoms with Crippen LogP contribution < -0.4 is 5.73 Å². The van der Waals surface area contributed by atoms with Crippen molar-refractivity contribution in [2.75, 3.05) is 6.54 Å². The zero-order chi connectivity index (χ0) is 12.5. The van der Waals surface area contributed by atoms with Crippen LogP contribution in [0, 0.1) is 6.92 Å². The van der Waals surface area contributed by atoms with Crippen molar-refractivity contribution < 1.29 is 0 Å². The zero-order valence-corrected chi connectivity index (χ0v) is 11.2. The molecule has 2 N–H and O–H groups in total. The Morgan fingerprint density at radius 2 is 1.94 bits per heavy atom. The second-order valence-corrected chi connectivity index (χ2v) is 5.95. The third kappa shape index (κ3) is 2.37. The second-order valence-electron chi connectivity index (χ2n) is 4.75. The van der Waals surface area contributed by atoms with Crippen molar-refractivity contribution in [3.05, 3.63) is 35.1 Å². The average Bonchev–Trinajstić information content (AvgIpc) is 2.73. The Morgan fingerprint density at radius 3 is 2.53 bits per heavy atom. The molecule has 90 valence electrons. The number of aryl methyl sites for hydroxylation is 1. The molecule has 0 unspecified atom stereocenters. The summed E-state index contributed by atoms with van der Waals surface area (Å²) in [6, 6.07) is 3.97. The number of hydrogen-bond donors (Lipinski definition) is 1. The smallest absolute Gasteiger partial charge is 0.123 e. The predicted octanol–water partition coefficient (Wildman–Crippen LogP) is 2.75. The summed E-state index contributed by atoms with van der Waals surface area (Å²) < 4.78 is 0. The minimum Gasteiger partial charge on any atom is -0.330 e. The van der Waals surface area contributed by atoms with Gasteiger partial charge in [-0.15, -0.1) is 11.3 Å². The first-order valence-corrected chi connectivity index (χ1v) is 6.44. The van der Waals surface area contributed by atoms with Crippen molar-refractivity contribution in [3.8, 4) is 10.6 Å². The van der Waals surface area contributed by atoms with Crippen LogP contribution in [0.3, 0.4) is 0 Å². The van der Waals surface area contributed by atoms with Crippen LogP contribution in [0.4, 0.5) is 0 Å². The van der Waals surface area contributed by atoms with E-state index in [-0.39, 0.29) is 5.41 Å². The number of nitrogens with zero attached hydrogens (tertiary/aromatic N) is 2. The van der Waals surface area contributed by atoms with Gasteiger partial charge in [-0.05, 0) is 19.1 Å². The van der Waals surface area contributed by atoms with E-state index in [2.05, 4.69) is 25.8 Å². The molecule has 0 aliphatic carbocycles. The summed E-state index contributed by atoms with van der Waals surface area (Å²) in [6.45, 7) is 6.97. The third-order valence-corrected chi connectivity index (χ3v) is 3.90. The molecule has 17 heavy (non-hydrogen) atoms. The Hall–Kier alpha value is -1.26. The largest absolute Gasteiger partial charge is 0.330 e. The average molecular weight is 247 g/mol. The quantitative estimate of drug-likeness (QED) is 0.907. The molecule has 2 aromatic rings. The van der Waals surface area contributed by atoms with Gasteiger partial charge in [0.25, 0.3) is 0 Å². The van der Waals surface area contributed by atoms with Crippen molar-refractivity contribution in [2.24, 2.45) is 5.73 Å². The summed E-state index contributed by atoms with van der Waals surface area (Å²) in [7, 11) is 0. The van der Waals surface area contributed by atoms with Crippen LogP contribution in [-0.2, 0) is 5.41 Å². The topological polar surface area (TPSA) is 51.8 Å². The van der Waals surface area contributed by atoms with Crippen LogP contribution in [0.15, 0.2) is 24.5 Å². The van der Waals surface area contributed by atoms with E-state index in [9.17, 15) is 0 Å². The van der Waals surface area contributed by atoms with Gasteiger partial charge in [0.1, 0.15) is 5.01 Å². The molecule has 0 aliphatic heterocycles. The fourth-order valence-electron chi connectivity index (χ4n) is 1.74. The molecule has 4 heteroatoms. The fourth-order valence-corrected chi connectivity index (χ4v) is 2.84. The maximum atomic E-state index is 5.81. The summed E-state index contributed by atoms with van der Waals surface area (Å²) in [5.74, 6) is 0. The maximum Gasteiger partial charge on any atom is 0.123 e. The van der Waals surface area contributed by atoms with Gasteiger partial charge in [-0.25, -0.2) is 4.98 Å². The van der Waals surface area contributed by atoms with Gasteiger partial charge in [-0.2, -0.15) is 0 Å². The zero-order valence-electron chi connectivity index (χ0n) is 10.4. The lowest BCUT2D eigenvalue weighted by Crippen LogP contribution is -2.29. The Balaban J connectivity index is 2.45. The molecular weight excluding hydrogens is 230 g/mol. The Bertz CT molecular complexity index is 503. The summed E-state index contributed by atoms with van der Waals surface area (Å²) in [5.41, 5.74) is 7.97. The molecule has 0 fully saturated rings. The van der Waals surface area contributed by atoms with E-state index in [0.29, 0.717) is 6.54 Å². The highest BCUT2D eigenvalue weighted by Crippen LogP contribution is 2.33. The fraction of sp³-hybridized carbons (Fsp3) is 0.385. The van der Waals surface area contributed by atoms with E-state index < -0.39 is 0 Å². The van der Waals surface area contributed by atoms with Gasteiger partial charge < -0.3 is 5.73 Å². The summed E-state index contributed by atoms with van der Waals surface area (Å²) in [6.07, 6.45) is 3.58. The van der Waals surface area contributed by atoms with Crippen LogP contribution >= 0.6 is 11.3 Å². The number of thiazole rings is 1. The van der Waals surface area contributed by atoms with Crippen molar-refractivity contribution in [2.45, 2.75) is 26.2 Å². The van der Waals surface area contributed by atoms with Gasteiger partial charge in [0.2, 0.25) is 0 Å². The minimum atomic E-state index is -0.0636. The summed E-state index contributed by atoms with van der Waals surface area (Å²) in [5, 5.41) is 1.04. The molecule has 0 saturated carbocycles. The maximum absolute atomic E-state index is 5.81. The molecule has 2 aromatic heterocycles. The van der Waals surface area contributed by atoms with Crippen LogP contribution in [0.2, 0.25) is 0 Å².